The van der Waals surface area contributed by atoms with Crippen molar-refractivity contribution in [2.75, 3.05) is 18.9 Å². The van der Waals surface area contributed by atoms with Crippen molar-refractivity contribution in [1.82, 2.24) is 42.5 Å². The molecule has 28 heteroatoms. The molecule has 19 N–H and O–H groups in total. The zero-order chi connectivity index (χ0) is 59.6. The molecule has 436 valence electrons. The summed E-state index contributed by atoms with van der Waals surface area (Å²) in [6.45, 7) is 3.36. The summed E-state index contributed by atoms with van der Waals surface area (Å²) in [5.41, 5.74) is 18.3. The average Bonchev–Trinajstić information content (AvgIpc) is 3.41. The van der Waals surface area contributed by atoms with Gasteiger partial charge in [0.2, 0.25) is 47.3 Å². The second-order valence-electron chi connectivity index (χ2n) is 18.9. The van der Waals surface area contributed by atoms with E-state index in [2.05, 4.69) is 54.8 Å². The summed E-state index contributed by atoms with van der Waals surface area (Å²) in [5, 5.41) is 68.3. The number of hydrogen-bond acceptors (Lipinski definition) is 16. The zero-order valence-corrected chi connectivity index (χ0v) is 45.1. The highest BCUT2D eigenvalue weighted by atomic mass is 32.1. The summed E-state index contributed by atoms with van der Waals surface area (Å²) in [6.07, 6.45) is -2.81. The topological polar surface area (TPSA) is 459 Å². The van der Waals surface area contributed by atoms with Gasteiger partial charge in [0.15, 0.2) is 5.96 Å². The number of aliphatic imine (C=N–C) groups is 1. The van der Waals surface area contributed by atoms with E-state index in [-0.39, 0.29) is 49.7 Å². The lowest BCUT2D eigenvalue weighted by molar-refractivity contribution is -0.144. The molecule has 3 aromatic rings. The summed E-state index contributed by atoms with van der Waals surface area (Å²) in [7, 11) is 0. The van der Waals surface area contributed by atoms with E-state index in [0.29, 0.717) is 23.1 Å². The van der Waals surface area contributed by atoms with Crippen LogP contribution in [0.1, 0.15) is 56.7 Å². The summed E-state index contributed by atoms with van der Waals surface area (Å²) in [6, 6.07) is 8.19. The number of amides is 8. The Bertz CT molecular complexity index is 2610. The van der Waals surface area contributed by atoms with Gasteiger partial charge in [-0.15, -0.1) is 0 Å². The van der Waals surface area contributed by atoms with Gasteiger partial charge in [0.25, 0.3) is 0 Å². The van der Waals surface area contributed by atoms with E-state index in [0.717, 1.165) is 6.92 Å². The average molecular weight is 1140 g/mol. The molecule has 27 nitrogen and oxygen atoms in total. The number of carbonyl (C=O) groups is 10. The fourth-order valence-electron chi connectivity index (χ4n) is 7.68. The predicted octanol–water partition coefficient (Wildman–Crippen LogP) is -3.80. The molecule has 0 radical (unpaired) electrons. The van der Waals surface area contributed by atoms with Crippen LogP contribution in [0.25, 0.3) is 0 Å². The quantitative estimate of drug-likeness (QED) is 0.0120. The molecule has 0 bridgehead atoms. The highest BCUT2D eigenvalue weighted by molar-refractivity contribution is 7.80. The van der Waals surface area contributed by atoms with E-state index in [1.807, 2.05) is 5.32 Å². The van der Waals surface area contributed by atoms with Crippen molar-refractivity contribution in [2.45, 2.75) is 120 Å². The van der Waals surface area contributed by atoms with Crippen LogP contribution < -0.4 is 59.7 Å². The molecule has 0 aliphatic heterocycles. The Morgan fingerprint density at radius 1 is 0.537 bits per heavy atom. The molecule has 0 heterocycles. The molecule has 0 aliphatic rings. The molecule has 3 aromatic carbocycles. The highest BCUT2D eigenvalue weighted by Crippen LogP contribution is 2.14. The number of aliphatic carboxylic acids is 2. The second kappa shape index (κ2) is 33.2. The number of hydrogen-bond donors (Lipinski definition) is 17. The number of phenolic OH excluding ortho intramolecular Hbond substituents is 1. The van der Waals surface area contributed by atoms with Gasteiger partial charge >= 0.3 is 11.9 Å². The first kappa shape index (κ1) is 65.9. The van der Waals surface area contributed by atoms with Crippen LogP contribution in [0.5, 0.6) is 5.75 Å². The molecule has 10 atom stereocenters. The van der Waals surface area contributed by atoms with Crippen molar-refractivity contribution in [3.8, 4) is 5.75 Å². The number of carboxylic acids is 2. The van der Waals surface area contributed by atoms with Gasteiger partial charge in [0, 0.05) is 31.6 Å². The third-order valence-electron chi connectivity index (χ3n) is 12.1. The van der Waals surface area contributed by atoms with Gasteiger partial charge in [-0.25, -0.2) is 4.79 Å². The minimum Gasteiger partial charge on any atom is -0.508 e. The maximum atomic E-state index is 14.3. The first-order chi connectivity index (χ1) is 37.8. The predicted molar refractivity (Wildman–Crippen MR) is 293 cm³/mol. The molecule has 80 heavy (non-hydrogen) atoms. The van der Waals surface area contributed by atoms with Crippen LogP contribution in [0, 0.1) is 5.92 Å². The number of aromatic hydroxyl groups is 1. The second-order valence-corrected chi connectivity index (χ2v) is 19.3. The van der Waals surface area contributed by atoms with Crippen LogP contribution in [0.4, 0.5) is 0 Å². The molecule has 0 unspecified atom stereocenters. The third-order valence-corrected chi connectivity index (χ3v) is 12.4. The molecule has 0 spiro atoms. The number of benzene rings is 3. The van der Waals surface area contributed by atoms with Gasteiger partial charge in [0.05, 0.1) is 25.2 Å². The van der Waals surface area contributed by atoms with Crippen LogP contribution >= 0.6 is 12.6 Å². The monoisotopic (exact) mass is 1140 g/mol. The standard InChI is InChI=1S/C52H72N12O15S/c1-27(2)41(63-47(74)37(24-40(68)69)59-44(71)34(23-31-16-18-32(67)19-17-31)57-43(70)33(53)15-10-20-56-52(54)55)49(76)60-35(21-29-11-6-4-7-12-29)45(72)62-39(26-80)48(75)58-36(22-30-13-8-5-9-14-30)46(73)64-42(28(3)66)50(77)61-38(25-65)51(78)79/h4-9,11-14,16-19,27-28,33-39,41-42,65-67,80H,10,15,20-26,53H2,1-3H3,(H,57,70)(H,58,75)(H,59,71)(H,60,76)(H,61,77)(H,62,72)(H,63,74)(H,64,73)(H,68,69)(H,78,79)(H4,54,55,56)/t28-,33+,34+,35+,36+,37+,38+,39+,41+,42+/m1/s1. The Morgan fingerprint density at radius 3 is 1.39 bits per heavy atom. The number of nitrogens with one attached hydrogen (secondary N) is 8. The maximum Gasteiger partial charge on any atom is 0.328 e. The van der Waals surface area contributed by atoms with Crippen LogP contribution in [0.15, 0.2) is 89.9 Å². The largest absolute Gasteiger partial charge is 0.508 e. The van der Waals surface area contributed by atoms with Crippen molar-refractivity contribution in [1.29, 1.82) is 0 Å². The van der Waals surface area contributed by atoms with Crippen molar-refractivity contribution < 1.29 is 73.5 Å². The number of guanidine groups is 1. The maximum absolute atomic E-state index is 14.3. The lowest BCUT2D eigenvalue weighted by Gasteiger charge is -2.29. The molecule has 0 saturated carbocycles. The van der Waals surface area contributed by atoms with Gasteiger partial charge < -0.3 is 85.3 Å². The molecule has 0 fully saturated rings. The van der Waals surface area contributed by atoms with Crippen LogP contribution in [0.2, 0.25) is 0 Å². The van der Waals surface area contributed by atoms with Gasteiger partial charge in [-0.1, -0.05) is 86.6 Å². The molecule has 0 saturated heterocycles. The van der Waals surface area contributed by atoms with Crippen molar-refractivity contribution >= 4 is 77.8 Å². The van der Waals surface area contributed by atoms with E-state index in [9.17, 15) is 73.5 Å². The molecular formula is C52H72N12O15S. The van der Waals surface area contributed by atoms with E-state index < -0.39 is 139 Å². The van der Waals surface area contributed by atoms with Crippen molar-refractivity contribution in [3.05, 3.63) is 102 Å². The lowest BCUT2D eigenvalue weighted by atomic mass is 9.99. The highest BCUT2D eigenvalue weighted by Gasteiger charge is 2.37. The fourth-order valence-corrected chi connectivity index (χ4v) is 7.93. The van der Waals surface area contributed by atoms with E-state index in [4.69, 9.17) is 17.2 Å². The van der Waals surface area contributed by atoms with Crippen LogP contribution in [-0.4, -0.2) is 170 Å². The first-order valence-electron chi connectivity index (χ1n) is 25.3. The summed E-state index contributed by atoms with van der Waals surface area (Å²) in [4.78, 5) is 138. The number of phenols is 1. The minimum atomic E-state index is -1.85. The Morgan fingerprint density at radius 2 is 0.938 bits per heavy atom. The SMILES string of the molecule is CC(C)[C@H](NC(=O)[C@H](CC(=O)O)NC(=O)[C@H](Cc1ccc(O)cc1)NC(=O)[C@@H](N)CCCN=C(N)N)C(=O)N[C@@H](Cc1ccccc1)C(=O)N[C@@H](CS)C(=O)N[C@@H](Cc1ccccc1)C(=O)N[C@H](C(=O)N[C@@H](CO)C(=O)O)[C@@H](C)O. The number of aliphatic hydroxyl groups is 2. The van der Waals surface area contributed by atoms with Crippen molar-refractivity contribution in [2.24, 2.45) is 28.1 Å². The lowest BCUT2D eigenvalue weighted by Crippen LogP contribution is -2.62. The summed E-state index contributed by atoms with van der Waals surface area (Å²) < 4.78 is 0. The molecule has 3 rings (SSSR count). The van der Waals surface area contributed by atoms with E-state index >= 15 is 0 Å². The van der Waals surface area contributed by atoms with Gasteiger partial charge in [0.1, 0.15) is 54.1 Å². The molecular weight excluding hydrogens is 1060 g/mol. The minimum absolute atomic E-state index is 0.0931. The van der Waals surface area contributed by atoms with Crippen molar-refractivity contribution in [3.63, 3.8) is 0 Å². The number of nitrogens with zero attached hydrogens (tertiary/aromatic N) is 1. The Labute approximate surface area is 466 Å². The Hall–Kier alpha value is -8.34. The van der Waals surface area contributed by atoms with Crippen LogP contribution in [0.3, 0.4) is 0 Å². The first-order valence-corrected chi connectivity index (χ1v) is 25.9. The summed E-state index contributed by atoms with van der Waals surface area (Å²) in [5.74, 6) is -12.5. The molecule has 8 amide bonds. The number of thiol groups is 1. The molecule has 0 aromatic heterocycles. The zero-order valence-electron chi connectivity index (χ0n) is 44.2. The summed E-state index contributed by atoms with van der Waals surface area (Å²) >= 11 is 4.27. The van der Waals surface area contributed by atoms with E-state index in [1.165, 1.54) is 38.1 Å². The number of aliphatic hydroxyl groups excluding tert-OH is 2. The third kappa shape index (κ3) is 22.6. The number of carboxylic acid groups (broad SMARTS) is 2. The number of carbonyl (C=O) groups excluding carboxylic acids is 8. The normalized spacial score (nSPS) is 14.8. The van der Waals surface area contributed by atoms with Crippen LogP contribution in [-0.2, 0) is 67.2 Å². The molecule has 0 aliphatic carbocycles. The Balaban J connectivity index is 1.89. The fraction of sp³-hybridized carbons (Fsp3) is 0.442. The Kier molecular flexibility index (Phi) is 27.3. The van der Waals surface area contributed by atoms with E-state index in [1.54, 1.807) is 60.7 Å². The van der Waals surface area contributed by atoms with Gasteiger partial charge in [-0.2, -0.15) is 12.6 Å². The number of nitrogens with two attached hydrogens (primary N) is 3. The van der Waals surface area contributed by atoms with Gasteiger partial charge in [-0.05, 0) is 54.5 Å². The van der Waals surface area contributed by atoms with Gasteiger partial charge in [-0.3, -0.25) is 48.1 Å². The smallest absolute Gasteiger partial charge is 0.328 e. The number of rotatable bonds is 33.